The van der Waals surface area contributed by atoms with E-state index < -0.39 is 11.7 Å². The van der Waals surface area contributed by atoms with Crippen molar-refractivity contribution in [2.24, 2.45) is 5.73 Å². The van der Waals surface area contributed by atoms with Crippen molar-refractivity contribution in [3.8, 4) is 0 Å². The van der Waals surface area contributed by atoms with Crippen LogP contribution in [-0.4, -0.2) is 11.8 Å². The van der Waals surface area contributed by atoms with Gasteiger partial charge in [-0.25, -0.2) is 0 Å². The smallest absolute Gasteiger partial charge is 0.327 e. The number of nitrogens with two attached hydrogens (primary N) is 1. The van der Waals surface area contributed by atoms with Gasteiger partial charge in [-0.15, -0.1) is 11.8 Å². The van der Waals surface area contributed by atoms with E-state index in [0.717, 1.165) is 19.3 Å². The topological polar surface area (TPSA) is 26.0 Å². The lowest BCUT2D eigenvalue weighted by atomic mass is 10.0. The van der Waals surface area contributed by atoms with Gasteiger partial charge in [0.15, 0.2) is 0 Å². The lowest BCUT2D eigenvalue weighted by Crippen LogP contribution is -2.21. The highest BCUT2D eigenvalue weighted by atomic mass is 32.2. The van der Waals surface area contributed by atoms with Crippen LogP contribution in [0.3, 0.4) is 0 Å². The SMILES string of the molecule is CCCCSc1ccc(CC(N)CC)cc1C(F)(F)F. The first kappa shape index (κ1) is 17.4. The van der Waals surface area contributed by atoms with E-state index in [1.165, 1.54) is 17.8 Å². The van der Waals surface area contributed by atoms with E-state index in [9.17, 15) is 13.2 Å². The fourth-order valence-corrected chi connectivity index (χ4v) is 2.97. The maximum atomic E-state index is 13.1. The Bertz CT molecular complexity index is 418. The number of unbranched alkanes of at least 4 members (excludes halogenated alkanes) is 1. The standard InChI is InChI=1S/C15H22F3NS/c1-3-5-8-20-14-7-6-11(9-12(19)4-2)10-13(14)15(16,17)18/h6-7,10,12H,3-5,8-9,19H2,1-2H3. The molecule has 0 saturated carbocycles. The maximum absolute atomic E-state index is 13.1. The first-order chi connectivity index (χ1) is 9.38. The van der Waals surface area contributed by atoms with Crippen LogP contribution in [0.5, 0.6) is 0 Å². The van der Waals surface area contributed by atoms with Crippen molar-refractivity contribution in [3.05, 3.63) is 29.3 Å². The van der Waals surface area contributed by atoms with Crippen LogP contribution in [0.15, 0.2) is 23.1 Å². The first-order valence-corrected chi connectivity index (χ1v) is 7.95. The summed E-state index contributed by atoms with van der Waals surface area (Å²) >= 11 is 1.28. The molecule has 0 spiro atoms. The Morgan fingerprint density at radius 2 is 1.95 bits per heavy atom. The summed E-state index contributed by atoms with van der Waals surface area (Å²) in [7, 11) is 0. The number of thioether (sulfide) groups is 1. The molecule has 0 bridgehead atoms. The van der Waals surface area contributed by atoms with Gasteiger partial charge in [0.25, 0.3) is 0 Å². The molecule has 0 aliphatic carbocycles. The average Bonchev–Trinajstić information content (AvgIpc) is 2.39. The Morgan fingerprint density at radius 3 is 2.50 bits per heavy atom. The molecule has 1 rings (SSSR count). The first-order valence-electron chi connectivity index (χ1n) is 6.97. The van der Waals surface area contributed by atoms with Crippen molar-refractivity contribution in [1.29, 1.82) is 0 Å². The second kappa shape index (κ2) is 7.93. The van der Waals surface area contributed by atoms with Gasteiger partial charge in [0, 0.05) is 10.9 Å². The van der Waals surface area contributed by atoms with Crippen LogP contribution < -0.4 is 5.73 Å². The van der Waals surface area contributed by atoms with Crippen LogP contribution >= 0.6 is 11.8 Å². The summed E-state index contributed by atoms with van der Waals surface area (Å²) in [6, 6.07) is 4.51. The monoisotopic (exact) mass is 305 g/mol. The molecule has 1 nitrogen and oxygen atoms in total. The number of hydrogen-bond acceptors (Lipinski definition) is 2. The second-order valence-corrected chi connectivity index (χ2v) is 6.04. The Morgan fingerprint density at radius 1 is 1.25 bits per heavy atom. The minimum Gasteiger partial charge on any atom is -0.327 e. The Hall–Kier alpha value is -0.680. The highest BCUT2D eigenvalue weighted by Crippen LogP contribution is 2.37. The molecule has 0 saturated heterocycles. The minimum atomic E-state index is -4.30. The van der Waals surface area contributed by atoms with Crippen molar-refractivity contribution in [2.75, 3.05) is 5.75 Å². The quantitative estimate of drug-likeness (QED) is 0.574. The van der Waals surface area contributed by atoms with Gasteiger partial charge in [-0.2, -0.15) is 13.2 Å². The molecule has 1 unspecified atom stereocenters. The van der Waals surface area contributed by atoms with Crippen LogP contribution in [0.2, 0.25) is 0 Å². The van der Waals surface area contributed by atoms with Gasteiger partial charge in [-0.3, -0.25) is 0 Å². The van der Waals surface area contributed by atoms with E-state index in [0.29, 0.717) is 22.6 Å². The van der Waals surface area contributed by atoms with Gasteiger partial charge in [-0.1, -0.05) is 26.3 Å². The molecule has 114 valence electrons. The molecule has 1 atom stereocenters. The molecular weight excluding hydrogens is 283 g/mol. The molecule has 0 heterocycles. The third kappa shape index (κ3) is 5.37. The number of benzene rings is 1. The highest BCUT2D eigenvalue weighted by Gasteiger charge is 2.33. The van der Waals surface area contributed by atoms with E-state index in [1.54, 1.807) is 12.1 Å². The lowest BCUT2D eigenvalue weighted by Gasteiger charge is -2.15. The molecular formula is C15H22F3NS. The van der Waals surface area contributed by atoms with E-state index in [2.05, 4.69) is 0 Å². The van der Waals surface area contributed by atoms with Gasteiger partial charge in [0.1, 0.15) is 0 Å². The lowest BCUT2D eigenvalue weighted by molar-refractivity contribution is -0.139. The normalized spacial score (nSPS) is 13.5. The van der Waals surface area contributed by atoms with Gasteiger partial charge in [-0.05, 0) is 42.7 Å². The van der Waals surface area contributed by atoms with Gasteiger partial charge in [0.2, 0.25) is 0 Å². The van der Waals surface area contributed by atoms with E-state index in [4.69, 9.17) is 5.73 Å². The summed E-state index contributed by atoms with van der Waals surface area (Å²) in [6.45, 7) is 3.96. The number of rotatable bonds is 7. The van der Waals surface area contributed by atoms with Gasteiger partial charge < -0.3 is 5.73 Å². The molecule has 0 amide bonds. The van der Waals surface area contributed by atoms with Crippen molar-refractivity contribution >= 4 is 11.8 Å². The number of hydrogen-bond donors (Lipinski definition) is 1. The zero-order chi connectivity index (χ0) is 15.2. The zero-order valence-electron chi connectivity index (χ0n) is 12.0. The summed E-state index contributed by atoms with van der Waals surface area (Å²) in [5.41, 5.74) is 5.94. The van der Waals surface area contributed by atoms with Crippen molar-refractivity contribution in [1.82, 2.24) is 0 Å². The predicted molar refractivity (Wildman–Crippen MR) is 79.0 cm³/mol. The minimum absolute atomic E-state index is 0.0883. The Kier molecular flexibility index (Phi) is 6.89. The third-order valence-corrected chi connectivity index (χ3v) is 4.29. The Labute approximate surface area is 123 Å². The largest absolute Gasteiger partial charge is 0.417 e. The zero-order valence-corrected chi connectivity index (χ0v) is 12.8. The molecule has 0 radical (unpaired) electrons. The fourth-order valence-electron chi connectivity index (χ4n) is 1.83. The number of alkyl halides is 3. The summed E-state index contributed by atoms with van der Waals surface area (Å²) in [5, 5.41) is 0. The van der Waals surface area contributed by atoms with Crippen molar-refractivity contribution in [2.45, 2.75) is 56.6 Å². The van der Waals surface area contributed by atoms with E-state index in [1.807, 2.05) is 13.8 Å². The van der Waals surface area contributed by atoms with Crippen LogP contribution in [0.4, 0.5) is 13.2 Å². The van der Waals surface area contributed by atoms with E-state index in [-0.39, 0.29) is 6.04 Å². The Balaban J connectivity index is 2.95. The molecule has 20 heavy (non-hydrogen) atoms. The maximum Gasteiger partial charge on any atom is 0.417 e. The molecule has 5 heteroatoms. The van der Waals surface area contributed by atoms with Crippen molar-refractivity contribution < 1.29 is 13.2 Å². The van der Waals surface area contributed by atoms with Crippen LogP contribution in [0.25, 0.3) is 0 Å². The number of halogens is 3. The molecule has 0 aliphatic heterocycles. The average molecular weight is 305 g/mol. The highest BCUT2D eigenvalue weighted by molar-refractivity contribution is 7.99. The van der Waals surface area contributed by atoms with Gasteiger partial charge >= 0.3 is 6.18 Å². The summed E-state index contributed by atoms with van der Waals surface area (Å²) in [5.74, 6) is 0.716. The van der Waals surface area contributed by atoms with E-state index >= 15 is 0 Å². The molecule has 0 aliphatic rings. The summed E-state index contributed by atoms with van der Waals surface area (Å²) in [6.07, 6.45) is -1.16. The summed E-state index contributed by atoms with van der Waals surface area (Å²) < 4.78 is 39.3. The fraction of sp³-hybridized carbons (Fsp3) is 0.600. The molecule has 0 aromatic heterocycles. The third-order valence-electron chi connectivity index (χ3n) is 3.13. The molecule has 2 N–H and O–H groups in total. The summed E-state index contributed by atoms with van der Waals surface area (Å²) in [4.78, 5) is 0.319. The van der Waals surface area contributed by atoms with Crippen LogP contribution in [0.1, 0.15) is 44.2 Å². The van der Waals surface area contributed by atoms with Crippen LogP contribution in [-0.2, 0) is 12.6 Å². The van der Waals surface area contributed by atoms with Crippen LogP contribution in [0, 0.1) is 0 Å². The molecule has 1 aromatic carbocycles. The molecule has 1 aromatic rings. The predicted octanol–water partition coefficient (Wildman–Crippen LogP) is 4.88. The van der Waals surface area contributed by atoms with Crippen molar-refractivity contribution in [3.63, 3.8) is 0 Å². The molecule has 0 fully saturated rings. The second-order valence-electron chi connectivity index (χ2n) is 4.90. The van der Waals surface area contributed by atoms with Gasteiger partial charge in [0.05, 0.1) is 5.56 Å².